The largest absolute Gasteiger partial charge is 0.480 e. The van der Waals surface area contributed by atoms with Gasteiger partial charge >= 0.3 is 5.97 Å². The standard InChI is InChI=1S/C9H11NO5/c1-5(11)7(9(13)14)10-8(12)6-2-3-15-4-6/h2-5,7,11H,1H3,(H,10,12)(H,13,14). The van der Waals surface area contributed by atoms with E-state index < -0.39 is 24.0 Å². The summed E-state index contributed by atoms with van der Waals surface area (Å²) in [4.78, 5) is 22.0. The van der Waals surface area contributed by atoms with Crippen LogP contribution in [0.3, 0.4) is 0 Å². The highest BCUT2D eigenvalue weighted by molar-refractivity contribution is 5.96. The number of nitrogens with one attached hydrogen (secondary N) is 1. The summed E-state index contributed by atoms with van der Waals surface area (Å²) in [5.41, 5.74) is 0.210. The van der Waals surface area contributed by atoms with Gasteiger partial charge in [-0.25, -0.2) is 4.79 Å². The fraction of sp³-hybridized carbons (Fsp3) is 0.333. The molecule has 0 fully saturated rings. The van der Waals surface area contributed by atoms with Gasteiger partial charge in [0, 0.05) is 0 Å². The summed E-state index contributed by atoms with van der Waals surface area (Å²) in [6.07, 6.45) is 1.32. The number of carbonyl (C=O) groups excluding carboxylic acids is 1. The molecule has 1 rings (SSSR count). The average Bonchev–Trinajstić information content (AvgIpc) is 2.65. The van der Waals surface area contributed by atoms with Gasteiger partial charge in [-0.05, 0) is 13.0 Å². The van der Waals surface area contributed by atoms with Crippen LogP contribution in [0.2, 0.25) is 0 Å². The highest BCUT2D eigenvalue weighted by Crippen LogP contribution is 2.01. The summed E-state index contributed by atoms with van der Waals surface area (Å²) in [7, 11) is 0. The Morgan fingerprint density at radius 2 is 2.20 bits per heavy atom. The Hall–Kier alpha value is -1.82. The number of carboxylic acid groups (broad SMARTS) is 1. The minimum Gasteiger partial charge on any atom is -0.480 e. The number of aliphatic hydroxyl groups excluding tert-OH is 1. The van der Waals surface area contributed by atoms with E-state index in [9.17, 15) is 9.59 Å². The minimum atomic E-state index is -1.33. The lowest BCUT2D eigenvalue weighted by atomic mass is 10.1. The smallest absolute Gasteiger partial charge is 0.328 e. The van der Waals surface area contributed by atoms with E-state index in [1.807, 2.05) is 0 Å². The summed E-state index contributed by atoms with van der Waals surface area (Å²) >= 11 is 0. The third-order valence-corrected chi connectivity index (χ3v) is 1.82. The number of amides is 1. The zero-order valence-corrected chi connectivity index (χ0v) is 8.01. The molecule has 0 bridgehead atoms. The molecule has 1 heterocycles. The van der Waals surface area contributed by atoms with Gasteiger partial charge in [0.2, 0.25) is 0 Å². The molecule has 3 N–H and O–H groups in total. The van der Waals surface area contributed by atoms with Crippen LogP contribution in [0.1, 0.15) is 17.3 Å². The van der Waals surface area contributed by atoms with Gasteiger partial charge in [0.15, 0.2) is 6.04 Å². The molecule has 82 valence electrons. The monoisotopic (exact) mass is 213 g/mol. The zero-order valence-electron chi connectivity index (χ0n) is 8.01. The first-order valence-corrected chi connectivity index (χ1v) is 4.26. The Morgan fingerprint density at radius 3 is 2.60 bits per heavy atom. The number of rotatable bonds is 4. The number of furan rings is 1. The Balaban J connectivity index is 2.67. The summed E-state index contributed by atoms with van der Waals surface area (Å²) in [6.45, 7) is 1.29. The lowest BCUT2D eigenvalue weighted by molar-refractivity contribution is -0.141. The van der Waals surface area contributed by atoms with Gasteiger partial charge in [0.1, 0.15) is 6.26 Å². The van der Waals surface area contributed by atoms with Crippen LogP contribution in [0.15, 0.2) is 23.0 Å². The van der Waals surface area contributed by atoms with Crippen molar-refractivity contribution in [1.29, 1.82) is 0 Å². The van der Waals surface area contributed by atoms with Crippen molar-refractivity contribution >= 4 is 11.9 Å². The predicted molar refractivity (Wildman–Crippen MR) is 49.3 cm³/mol. The Bertz CT molecular complexity index is 343. The second-order valence-electron chi connectivity index (χ2n) is 3.04. The van der Waals surface area contributed by atoms with Crippen LogP contribution in [0.25, 0.3) is 0 Å². The van der Waals surface area contributed by atoms with E-state index in [0.29, 0.717) is 0 Å². The normalized spacial score (nSPS) is 14.3. The van der Waals surface area contributed by atoms with Gasteiger partial charge in [-0.15, -0.1) is 0 Å². The maximum atomic E-state index is 11.4. The predicted octanol–water partition coefficient (Wildman–Crippen LogP) is -0.157. The van der Waals surface area contributed by atoms with E-state index in [1.165, 1.54) is 25.5 Å². The maximum Gasteiger partial charge on any atom is 0.328 e. The number of carboxylic acids is 1. The molecule has 0 aliphatic rings. The van der Waals surface area contributed by atoms with E-state index in [2.05, 4.69) is 9.73 Å². The SMILES string of the molecule is CC(O)C(NC(=O)c1ccoc1)C(=O)O. The Labute approximate surface area is 85.5 Å². The molecular weight excluding hydrogens is 202 g/mol. The van der Waals surface area contributed by atoms with Crippen LogP contribution in [-0.2, 0) is 4.79 Å². The van der Waals surface area contributed by atoms with Crippen molar-refractivity contribution < 1.29 is 24.2 Å². The van der Waals surface area contributed by atoms with Crippen molar-refractivity contribution in [1.82, 2.24) is 5.32 Å². The van der Waals surface area contributed by atoms with Crippen molar-refractivity contribution in [3.63, 3.8) is 0 Å². The van der Waals surface area contributed by atoms with Crippen molar-refractivity contribution in [3.05, 3.63) is 24.2 Å². The van der Waals surface area contributed by atoms with E-state index in [0.717, 1.165) is 0 Å². The van der Waals surface area contributed by atoms with Crippen LogP contribution in [0.5, 0.6) is 0 Å². The van der Waals surface area contributed by atoms with Crippen LogP contribution in [0.4, 0.5) is 0 Å². The lowest BCUT2D eigenvalue weighted by Crippen LogP contribution is -2.47. The van der Waals surface area contributed by atoms with Crippen LogP contribution >= 0.6 is 0 Å². The fourth-order valence-corrected chi connectivity index (χ4v) is 1.01. The molecule has 2 atom stereocenters. The Kier molecular flexibility index (Phi) is 3.46. The number of aliphatic carboxylic acids is 1. The van der Waals surface area contributed by atoms with Crippen molar-refractivity contribution in [2.45, 2.75) is 19.1 Å². The molecule has 0 saturated heterocycles. The van der Waals surface area contributed by atoms with Gasteiger partial charge in [0.25, 0.3) is 5.91 Å². The molecule has 6 heteroatoms. The molecule has 1 aromatic heterocycles. The van der Waals surface area contributed by atoms with Crippen LogP contribution in [-0.4, -0.2) is 34.2 Å². The van der Waals surface area contributed by atoms with E-state index in [-0.39, 0.29) is 5.56 Å². The van der Waals surface area contributed by atoms with Crippen molar-refractivity contribution in [2.75, 3.05) is 0 Å². The van der Waals surface area contributed by atoms with Gasteiger partial charge in [-0.1, -0.05) is 0 Å². The molecule has 0 aliphatic carbocycles. The molecule has 0 radical (unpaired) electrons. The topological polar surface area (TPSA) is 99.8 Å². The van der Waals surface area contributed by atoms with Gasteiger partial charge in [-0.3, -0.25) is 4.79 Å². The van der Waals surface area contributed by atoms with Gasteiger partial charge in [-0.2, -0.15) is 0 Å². The zero-order chi connectivity index (χ0) is 11.4. The molecule has 1 aromatic rings. The van der Waals surface area contributed by atoms with E-state index in [1.54, 1.807) is 0 Å². The highest BCUT2D eigenvalue weighted by atomic mass is 16.4. The molecule has 2 unspecified atom stereocenters. The third kappa shape index (κ3) is 2.81. The number of carbonyl (C=O) groups is 2. The first-order chi connectivity index (χ1) is 7.02. The summed E-state index contributed by atoms with van der Waals surface area (Å²) in [6, 6.07) is 0.0726. The molecule has 0 spiro atoms. The van der Waals surface area contributed by atoms with E-state index >= 15 is 0 Å². The third-order valence-electron chi connectivity index (χ3n) is 1.82. The highest BCUT2D eigenvalue weighted by Gasteiger charge is 2.25. The summed E-state index contributed by atoms with van der Waals surface area (Å²) in [5.74, 6) is -1.89. The first-order valence-electron chi connectivity index (χ1n) is 4.26. The number of hydrogen-bond acceptors (Lipinski definition) is 4. The fourth-order valence-electron chi connectivity index (χ4n) is 1.01. The van der Waals surface area contributed by atoms with Crippen LogP contribution in [0, 0.1) is 0 Å². The average molecular weight is 213 g/mol. The quantitative estimate of drug-likeness (QED) is 0.645. The maximum absolute atomic E-state index is 11.4. The molecule has 15 heavy (non-hydrogen) atoms. The second kappa shape index (κ2) is 4.61. The second-order valence-corrected chi connectivity index (χ2v) is 3.04. The van der Waals surface area contributed by atoms with Crippen molar-refractivity contribution in [3.8, 4) is 0 Å². The van der Waals surface area contributed by atoms with Crippen LogP contribution < -0.4 is 5.32 Å². The molecule has 0 aromatic carbocycles. The molecule has 0 aliphatic heterocycles. The summed E-state index contributed by atoms with van der Waals surface area (Å²) in [5, 5.41) is 20.0. The summed E-state index contributed by atoms with van der Waals surface area (Å²) < 4.78 is 4.67. The van der Waals surface area contributed by atoms with E-state index in [4.69, 9.17) is 10.2 Å². The lowest BCUT2D eigenvalue weighted by Gasteiger charge is -2.16. The molecule has 0 saturated carbocycles. The van der Waals surface area contributed by atoms with Gasteiger partial charge < -0.3 is 19.9 Å². The molecule has 6 nitrogen and oxygen atoms in total. The first kappa shape index (κ1) is 11.3. The minimum absolute atomic E-state index is 0.210. The number of aliphatic hydroxyl groups is 1. The molecular formula is C9H11NO5. The molecule has 1 amide bonds. The Morgan fingerprint density at radius 1 is 1.53 bits per heavy atom. The number of hydrogen-bond donors (Lipinski definition) is 3. The van der Waals surface area contributed by atoms with Crippen molar-refractivity contribution in [2.24, 2.45) is 0 Å². The van der Waals surface area contributed by atoms with Gasteiger partial charge in [0.05, 0.1) is 17.9 Å².